The van der Waals surface area contributed by atoms with Crippen LogP contribution in [0.1, 0.15) is 25.0 Å². The highest BCUT2D eigenvalue weighted by Crippen LogP contribution is 2.50. The van der Waals surface area contributed by atoms with Crippen molar-refractivity contribution in [2.75, 3.05) is 0 Å². The van der Waals surface area contributed by atoms with Gasteiger partial charge in [0.05, 0.1) is 18.0 Å². The van der Waals surface area contributed by atoms with E-state index in [1.54, 1.807) is 0 Å². The minimum Gasteiger partial charge on any atom is -0.238 e. The first kappa shape index (κ1) is 32.0. The Hall–Kier alpha value is -6.89. The molecule has 0 bridgehead atoms. The molecule has 0 atom stereocenters. The van der Waals surface area contributed by atoms with Gasteiger partial charge in [-0.05, 0) is 79.9 Å². The molecule has 0 N–H and O–H groups in total. The zero-order valence-corrected chi connectivity index (χ0v) is 29.6. The maximum atomic E-state index is 7.57. The SMILES string of the molecule is [C-]#[N+]c1ccc2c(c1)-c1cc(-c3cccc(-c4ccc(-c5cc(-c6ccc(-c7ccccc7)cc6)nc(-c6ccccc6)n5)cc4)c3)ccc1C2(C)C. The Morgan fingerprint density at radius 1 is 0.396 bits per heavy atom. The summed E-state index contributed by atoms with van der Waals surface area (Å²) in [6.07, 6.45) is 0. The summed E-state index contributed by atoms with van der Waals surface area (Å²) in [5.74, 6) is 0.702. The smallest absolute Gasteiger partial charge is 0.187 e. The first-order valence-corrected chi connectivity index (χ1v) is 17.9. The molecule has 250 valence electrons. The second-order valence-electron chi connectivity index (χ2n) is 14.2. The summed E-state index contributed by atoms with van der Waals surface area (Å²) in [7, 11) is 0. The predicted octanol–water partition coefficient (Wildman–Crippen LogP) is 13.3. The van der Waals surface area contributed by atoms with E-state index in [1.165, 1.54) is 33.4 Å². The third-order valence-corrected chi connectivity index (χ3v) is 10.5. The summed E-state index contributed by atoms with van der Waals surface area (Å²) < 4.78 is 0. The van der Waals surface area contributed by atoms with Crippen LogP contribution in [-0.4, -0.2) is 9.97 Å². The Morgan fingerprint density at radius 3 is 1.43 bits per heavy atom. The van der Waals surface area contributed by atoms with Gasteiger partial charge in [-0.3, -0.25) is 0 Å². The van der Waals surface area contributed by atoms with Gasteiger partial charge in [-0.1, -0.05) is 166 Å². The van der Waals surface area contributed by atoms with Gasteiger partial charge < -0.3 is 0 Å². The summed E-state index contributed by atoms with van der Waals surface area (Å²) in [5.41, 5.74) is 17.3. The first-order chi connectivity index (χ1) is 25.9. The van der Waals surface area contributed by atoms with E-state index in [4.69, 9.17) is 16.5 Å². The standard InChI is InChI=1S/C50H35N3/c1-50(2)45-27-25-41(30-43(45)44-31-42(51-3)26-28-46(44)50)40-16-10-15-39(29-40)35-19-23-37(24-20-35)48-32-47(52-49(53-48)38-13-8-5-9-14-38)36-21-17-34(18-22-36)33-11-6-4-7-12-33/h4-32H,1-2H3. The van der Waals surface area contributed by atoms with Crippen LogP contribution >= 0.6 is 0 Å². The van der Waals surface area contributed by atoms with E-state index in [-0.39, 0.29) is 5.41 Å². The number of hydrogen-bond donors (Lipinski definition) is 0. The molecule has 1 aliphatic carbocycles. The van der Waals surface area contributed by atoms with Crippen molar-refractivity contribution in [3.8, 4) is 78.4 Å². The van der Waals surface area contributed by atoms with Crippen LogP contribution in [-0.2, 0) is 5.41 Å². The van der Waals surface area contributed by atoms with E-state index in [2.05, 4.69) is 158 Å². The molecule has 1 aromatic heterocycles. The van der Waals surface area contributed by atoms with Gasteiger partial charge in [0.2, 0.25) is 0 Å². The molecular formula is C50H35N3. The van der Waals surface area contributed by atoms with Crippen molar-refractivity contribution in [2.45, 2.75) is 19.3 Å². The molecule has 0 unspecified atom stereocenters. The molecular weight excluding hydrogens is 643 g/mol. The lowest BCUT2D eigenvalue weighted by Crippen LogP contribution is -2.14. The number of nitrogens with zero attached hydrogens (tertiary/aromatic N) is 3. The van der Waals surface area contributed by atoms with Crippen molar-refractivity contribution in [3.63, 3.8) is 0 Å². The molecule has 7 aromatic carbocycles. The lowest BCUT2D eigenvalue weighted by Gasteiger charge is -2.21. The van der Waals surface area contributed by atoms with Gasteiger partial charge in [0.15, 0.2) is 11.5 Å². The van der Waals surface area contributed by atoms with E-state index in [1.807, 2.05) is 36.4 Å². The molecule has 1 heterocycles. The van der Waals surface area contributed by atoms with Gasteiger partial charge in [-0.15, -0.1) is 0 Å². The molecule has 0 radical (unpaired) electrons. The van der Waals surface area contributed by atoms with Crippen LogP contribution in [0.25, 0.3) is 83.3 Å². The van der Waals surface area contributed by atoms with Crippen LogP contribution in [0.5, 0.6) is 0 Å². The normalized spacial score (nSPS) is 12.5. The molecule has 0 aliphatic heterocycles. The van der Waals surface area contributed by atoms with E-state index in [0.29, 0.717) is 11.5 Å². The lowest BCUT2D eigenvalue weighted by molar-refractivity contribution is 0.660. The van der Waals surface area contributed by atoms with E-state index in [0.717, 1.165) is 50.3 Å². The number of fused-ring (bicyclic) bond motifs is 3. The lowest BCUT2D eigenvalue weighted by atomic mass is 9.82. The molecule has 3 nitrogen and oxygen atoms in total. The number of hydrogen-bond acceptors (Lipinski definition) is 2. The molecule has 0 fully saturated rings. The fraction of sp³-hybridized carbons (Fsp3) is 0.0600. The maximum absolute atomic E-state index is 7.57. The summed E-state index contributed by atoms with van der Waals surface area (Å²) in [6, 6.07) is 61.6. The monoisotopic (exact) mass is 677 g/mol. The maximum Gasteiger partial charge on any atom is 0.187 e. The van der Waals surface area contributed by atoms with Crippen molar-refractivity contribution < 1.29 is 0 Å². The average molecular weight is 678 g/mol. The molecule has 0 spiro atoms. The minimum atomic E-state index is -0.105. The second-order valence-corrected chi connectivity index (χ2v) is 14.2. The molecule has 3 heteroatoms. The van der Waals surface area contributed by atoms with Crippen LogP contribution in [0.15, 0.2) is 176 Å². The Labute approximate surface area is 310 Å². The third-order valence-electron chi connectivity index (χ3n) is 10.5. The fourth-order valence-electron chi connectivity index (χ4n) is 7.64. The Kier molecular flexibility index (Phi) is 7.87. The number of rotatable bonds is 6. The first-order valence-electron chi connectivity index (χ1n) is 17.9. The molecule has 1 aliphatic rings. The molecule has 8 aromatic rings. The van der Waals surface area contributed by atoms with Gasteiger partial charge in [0.1, 0.15) is 0 Å². The molecule has 9 rings (SSSR count). The highest BCUT2D eigenvalue weighted by molar-refractivity contribution is 5.87. The highest BCUT2D eigenvalue weighted by atomic mass is 14.9. The zero-order valence-electron chi connectivity index (χ0n) is 29.6. The minimum absolute atomic E-state index is 0.105. The van der Waals surface area contributed by atoms with Crippen molar-refractivity contribution in [3.05, 3.63) is 198 Å². The summed E-state index contributed by atoms with van der Waals surface area (Å²) in [4.78, 5) is 13.8. The molecule has 0 saturated heterocycles. The topological polar surface area (TPSA) is 30.1 Å². The van der Waals surface area contributed by atoms with Gasteiger partial charge in [0, 0.05) is 22.1 Å². The summed E-state index contributed by atoms with van der Waals surface area (Å²) in [6.45, 7) is 12.1. The summed E-state index contributed by atoms with van der Waals surface area (Å²) >= 11 is 0. The Morgan fingerprint density at radius 2 is 0.830 bits per heavy atom. The Balaban J connectivity index is 1.04. The third kappa shape index (κ3) is 5.91. The van der Waals surface area contributed by atoms with Crippen molar-refractivity contribution in [1.29, 1.82) is 0 Å². The van der Waals surface area contributed by atoms with Crippen molar-refractivity contribution in [2.24, 2.45) is 0 Å². The van der Waals surface area contributed by atoms with Crippen LogP contribution in [0.2, 0.25) is 0 Å². The van der Waals surface area contributed by atoms with Crippen LogP contribution in [0, 0.1) is 6.57 Å². The predicted molar refractivity (Wildman–Crippen MR) is 218 cm³/mol. The molecule has 0 amide bonds. The quantitative estimate of drug-likeness (QED) is 0.164. The Bertz CT molecular complexity index is 2670. The van der Waals surface area contributed by atoms with Crippen molar-refractivity contribution in [1.82, 2.24) is 9.97 Å². The van der Waals surface area contributed by atoms with Gasteiger partial charge in [-0.25, -0.2) is 14.8 Å². The van der Waals surface area contributed by atoms with E-state index >= 15 is 0 Å². The van der Waals surface area contributed by atoms with Gasteiger partial charge in [0.25, 0.3) is 0 Å². The average Bonchev–Trinajstić information content (AvgIpc) is 3.46. The molecule has 0 saturated carbocycles. The number of benzene rings is 7. The fourth-order valence-corrected chi connectivity index (χ4v) is 7.64. The highest BCUT2D eigenvalue weighted by Gasteiger charge is 2.35. The van der Waals surface area contributed by atoms with Crippen LogP contribution in [0.3, 0.4) is 0 Å². The number of aromatic nitrogens is 2. The van der Waals surface area contributed by atoms with Crippen molar-refractivity contribution >= 4 is 5.69 Å². The van der Waals surface area contributed by atoms with Crippen LogP contribution in [0.4, 0.5) is 5.69 Å². The largest absolute Gasteiger partial charge is 0.238 e. The second kappa shape index (κ2) is 13.0. The zero-order chi connectivity index (χ0) is 35.9. The van der Waals surface area contributed by atoms with E-state index in [9.17, 15) is 0 Å². The van der Waals surface area contributed by atoms with E-state index < -0.39 is 0 Å². The molecule has 53 heavy (non-hydrogen) atoms. The summed E-state index contributed by atoms with van der Waals surface area (Å²) in [5, 5.41) is 0. The van der Waals surface area contributed by atoms with Gasteiger partial charge >= 0.3 is 0 Å². The van der Waals surface area contributed by atoms with Gasteiger partial charge in [-0.2, -0.15) is 0 Å². The van der Waals surface area contributed by atoms with Crippen LogP contribution < -0.4 is 0 Å².